The third kappa shape index (κ3) is 2.46. The van der Waals surface area contributed by atoms with Crippen LogP contribution in [0.3, 0.4) is 0 Å². The molecule has 3 nitrogen and oxygen atoms in total. The summed E-state index contributed by atoms with van der Waals surface area (Å²) < 4.78 is 14.9. The number of imidazole rings is 1. The van der Waals surface area contributed by atoms with E-state index in [1.54, 1.807) is 24.7 Å². The van der Waals surface area contributed by atoms with Crippen LogP contribution >= 0.6 is 0 Å². The number of hydrogen-bond donors (Lipinski definition) is 1. The fraction of sp³-hybridized carbons (Fsp3) is 0.250. The van der Waals surface area contributed by atoms with Gasteiger partial charge in [-0.1, -0.05) is 12.1 Å². The summed E-state index contributed by atoms with van der Waals surface area (Å²) >= 11 is 0. The molecule has 16 heavy (non-hydrogen) atoms. The minimum Gasteiger partial charge on any atom is -0.333 e. The number of benzene rings is 1. The molecular weight excluding hydrogens is 205 g/mol. The first-order chi connectivity index (χ1) is 7.79. The third-order valence-electron chi connectivity index (χ3n) is 2.54. The molecule has 0 atom stereocenters. The maximum Gasteiger partial charge on any atom is 0.123 e. The summed E-state index contributed by atoms with van der Waals surface area (Å²) in [5.74, 6) is -0.192. The Kier molecular flexibility index (Phi) is 3.31. The zero-order valence-electron chi connectivity index (χ0n) is 8.94. The summed E-state index contributed by atoms with van der Waals surface area (Å²) in [6, 6.07) is 6.65. The molecule has 2 aromatic rings. The lowest BCUT2D eigenvalue weighted by molar-refractivity contribution is 0.619. The Labute approximate surface area is 93.7 Å². The van der Waals surface area contributed by atoms with Crippen molar-refractivity contribution in [1.29, 1.82) is 0 Å². The number of aromatic nitrogens is 2. The van der Waals surface area contributed by atoms with Crippen LogP contribution in [0.15, 0.2) is 36.8 Å². The molecule has 1 aromatic carbocycles. The molecule has 4 heteroatoms. The van der Waals surface area contributed by atoms with E-state index in [1.165, 1.54) is 6.07 Å². The first kappa shape index (κ1) is 10.8. The molecule has 0 amide bonds. The minimum atomic E-state index is -0.192. The van der Waals surface area contributed by atoms with Crippen LogP contribution in [0.4, 0.5) is 4.39 Å². The number of hydrogen-bond acceptors (Lipinski definition) is 2. The van der Waals surface area contributed by atoms with Gasteiger partial charge in [-0.3, -0.25) is 0 Å². The normalized spacial score (nSPS) is 10.6. The summed E-state index contributed by atoms with van der Waals surface area (Å²) in [6.45, 7) is 1.25. The Morgan fingerprint density at radius 3 is 3.00 bits per heavy atom. The molecule has 0 spiro atoms. The second-order valence-corrected chi connectivity index (χ2v) is 3.66. The monoisotopic (exact) mass is 219 g/mol. The summed E-state index contributed by atoms with van der Waals surface area (Å²) in [7, 11) is 0. The molecule has 84 valence electrons. The fourth-order valence-electron chi connectivity index (χ4n) is 1.66. The molecule has 0 unspecified atom stereocenters. The number of halogens is 1. The Morgan fingerprint density at radius 1 is 1.38 bits per heavy atom. The van der Waals surface area contributed by atoms with Crippen molar-refractivity contribution >= 4 is 0 Å². The van der Waals surface area contributed by atoms with E-state index in [9.17, 15) is 4.39 Å². The smallest absolute Gasteiger partial charge is 0.123 e. The van der Waals surface area contributed by atoms with E-state index in [0.717, 1.165) is 24.2 Å². The molecule has 0 aliphatic heterocycles. The van der Waals surface area contributed by atoms with E-state index in [0.29, 0.717) is 6.54 Å². The Hall–Kier alpha value is -1.68. The lowest BCUT2D eigenvalue weighted by Crippen LogP contribution is -2.08. The number of nitrogens with zero attached hydrogens (tertiary/aromatic N) is 2. The van der Waals surface area contributed by atoms with Gasteiger partial charge >= 0.3 is 0 Å². The van der Waals surface area contributed by atoms with Gasteiger partial charge in [-0.15, -0.1) is 0 Å². The molecule has 0 radical (unpaired) electrons. The molecular formula is C12H14FN3. The van der Waals surface area contributed by atoms with E-state index >= 15 is 0 Å². The standard InChI is InChI=1S/C12H14FN3/c13-11-3-1-2-10(6-11)4-5-16-9-15-8-12(16)7-14/h1-3,6,8-9H,4-5,7,14H2. The van der Waals surface area contributed by atoms with Gasteiger partial charge in [0.15, 0.2) is 0 Å². The zero-order chi connectivity index (χ0) is 11.4. The molecule has 0 fully saturated rings. The first-order valence-corrected chi connectivity index (χ1v) is 5.23. The van der Waals surface area contributed by atoms with Gasteiger partial charge in [-0.2, -0.15) is 0 Å². The van der Waals surface area contributed by atoms with Crippen molar-refractivity contribution in [3.63, 3.8) is 0 Å². The first-order valence-electron chi connectivity index (χ1n) is 5.23. The highest BCUT2D eigenvalue weighted by Crippen LogP contribution is 2.06. The van der Waals surface area contributed by atoms with Crippen LogP contribution in [0.2, 0.25) is 0 Å². The van der Waals surface area contributed by atoms with E-state index in [4.69, 9.17) is 5.73 Å². The van der Waals surface area contributed by atoms with Crippen molar-refractivity contribution in [2.24, 2.45) is 5.73 Å². The van der Waals surface area contributed by atoms with Crippen LogP contribution in [0.5, 0.6) is 0 Å². The molecule has 0 saturated carbocycles. The van der Waals surface area contributed by atoms with Gasteiger partial charge in [0.25, 0.3) is 0 Å². The quantitative estimate of drug-likeness (QED) is 0.851. The SMILES string of the molecule is NCc1cncn1CCc1cccc(F)c1. The maximum absolute atomic E-state index is 12.9. The van der Waals surface area contributed by atoms with Crippen LogP contribution in [0, 0.1) is 5.82 Å². The summed E-state index contributed by atoms with van der Waals surface area (Å²) in [4.78, 5) is 4.03. The van der Waals surface area contributed by atoms with E-state index in [1.807, 2.05) is 10.6 Å². The summed E-state index contributed by atoms with van der Waals surface area (Å²) in [5, 5.41) is 0. The van der Waals surface area contributed by atoms with Gasteiger partial charge < -0.3 is 10.3 Å². The van der Waals surface area contributed by atoms with Gasteiger partial charge in [-0.25, -0.2) is 9.37 Å². The lowest BCUT2D eigenvalue weighted by Gasteiger charge is -2.06. The molecule has 0 saturated heterocycles. The molecule has 2 rings (SSSR count). The van der Waals surface area contributed by atoms with Crippen molar-refractivity contribution in [2.45, 2.75) is 19.5 Å². The van der Waals surface area contributed by atoms with Crippen LogP contribution < -0.4 is 5.73 Å². The molecule has 0 aliphatic rings. The zero-order valence-corrected chi connectivity index (χ0v) is 8.94. The van der Waals surface area contributed by atoms with Crippen molar-refractivity contribution in [2.75, 3.05) is 0 Å². The van der Waals surface area contributed by atoms with Gasteiger partial charge in [-0.05, 0) is 24.1 Å². The van der Waals surface area contributed by atoms with Crippen molar-refractivity contribution in [3.05, 3.63) is 53.9 Å². The number of nitrogens with two attached hydrogens (primary N) is 1. The van der Waals surface area contributed by atoms with Gasteiger partial charge in [0.05, 0.1) is 12.0 Å². The van der Waals surface area contributed by atoms with Crippen molar-refractivity contribution in [3.8, 4) is 0 Å². The van der Waals surface area contributed by atoms with E-state index in [2.05, 4.69) is 4.98 Å². The van der Waals surface area contributed by atoms with Gasteiger partial charge in [0.2, 0.25) is 0 Å². The van der Waals surface area contributed by atoms with Crippen LogP contribution in [-0.4, -0.2) is 9.55 Å². The second kappa shape index (κ2) is 4.90. The molecule has 1 aromatic heterocycles. The second-order valence-electron chi connectivity index (χ2n) is 3.66. The lowest BCUT2D eigenvalue weighted by atomic mass is 10.1. The van der Waals surface area contributed by atoms with E-state index < -0.39 is 0 Å². The summed E-state index contributed by atoms with van der Waals surface area (Å²) in [6.07, 6.45) is 4.29. The Balaban J connectivity index is 2.02. The van der Waals surface area contributed by atoms with Crippen LogP contribution in [-0.2, 0) is 19.5 Å². The summed E-state index contributed by atoms with van der Waals surface area (Å²) in [5.41, 5.74) is 7.55. The maximum atomic E-state index is 12.9. The average molecular weight is 219 g/mol. The number of rotatable bonds is 4. The third-order valence-corrected chi connectivity index (χ3v) is 2.54. The predicted octanol–water partition coefficient (Wildman–Crippen LogP) is 1.72. The Morgan fingerprint density at radius 2 is 2.25 bits per heavy atom. The molecule has 0 aliphatic carbocycles. The van der Waals surface area contributed by atoms with Gasteiger partial charge in [0, 0.05) is 19.3 Å². The highest BCUT2D eigenvalue weighted by Gasteiger charge is 2.00. The highest BCUT2D eigenvalue weighted by atomic mass is 19.1. The molecule has 2 N–H and O–H groups in total. The highest BCUT2D eigenvalue weighted by molar-refractivity contribution is 5.16. The number of aryl methyl sites for hydroxylation is 2. The topological polar surface area (TPSA) is 43.8 Å². The van der Waals surface area contributed by atoms with E-state index in [-0.39, 0.29) is 5.82 Å². The average Bonchev–Trinajstić information content (AvgIpc) is 2.74. The van der Waals surface area contributed by atoms with Gasteiger partial charge in [0.1, 0.15) is 5.82 Å². The van der Waals surface area contributed by atoms with Crippen LogP contribution in [0.25, 0.3) is 0 Å². The van der Waals surface area contributed by atoms with Crippen molar-refractivity contribution < 1.29 is 4.39 Å². The minimum absolute atomic E-state index is 0.192. The largest absolute Gasteiger partial charge is 0.333 e. The van der Waals surface area contributed by atoms with Crippen LogP contribution in [0.1, 0.15) is 11.3 Å². The Bertz CT molecular complexity index is 465. The van der Waals surface area contributed by atoms with Crippen molar-refractivity contribution in [1.82, 2.24) is 9.55 Å². The molecule has 1 heterocycles. The predicted molar refractivity (Wildman–Crippen MR) is 60.2 cm³/mol. The molecule has 0 bridgehead atoms. The fourth-order valence-corrected chi connectivity index (χ4v) is 1.66.